The lowest BCUT2D eigenvalue weighted by Gasteiger charge is -2.11. The van der Waals surface area contributed by atoms with Gasteiger partial charge in [0.2, 0.25) is 0 Å². The molecule has 0 aromatic heterocycles. The Kier molecular flexibility index (Phi) is 3.48. The summed E-state index contributed by atoms with van der Waals surface area (Å²) in [6, 6.07) is 11.9. The summed E-state index contributed by atoms with van der Waals surface area (Å²) in [6.45, 7) is 3.80. The fourth-order valence-corrected chi connectivity index (χ4v) is 2.78. The van der Waals surface area contributed by atoms with E-state index in [9.17, 15) is 8.42 Å². The summed E-state index contributed by atoms with van der Waals surface area (Å²) in [5.74, 6) is 0. The smallest absolute Gasteiger partial charge is 0.261 e. The molecule has 0 atom stereocenters. The maximum Gasteiger partial charge on any atom is 0.261 e. The minimum absolute atomic E-state index is 0.220. The summed E-state index contributed by atoms with van der Waals surface area (Å²) in [5, 5.41) is 0. The molecule has 0 unspecified atom stereocenters. The van der Waals surface area contributed by atoms with Crippen molar-refractivity contribution in [2.75, 3.05) is 10.5 Å². The highest BCUT2D eigenvalue weighted by Gasteiger charge is 2.15. The van der Waals surface area contributed by atoms with E-state index in [2.05, 4.69) is 4.72 Å². The molecule has 0 heterocycles. The van der Waals surface area contributed by atoms with E-state index in [1.807, 2.05) is 19.9 Å². The minimum atomic E-state index is -3.60. The zero-order valence-electron chi connectivity index (χ0n) is 10.8. The summed E-state index contributed by atoms with van der Waals surface area (Å²) >= 11 is 0. The van der Waals surface area contributed by atoms with E-state index in [1.54, 1.807) is 36.4 Å². The third-order valence-electron chi connectivity index (χ3n) is 2.78. The molecule has 4 nitrogen and oxygen atoms in total. The summed E-state index contributed by atoms with van der Waals surface area (Å²) in [4.78, 5) is 0.220. The van der Waals surface area contributed by atoms with Gasteiger partial charge in [0.25, 0.3) is 10.0 Å². The molecule has 100 valence electrons. The molecule has 0 bridgehead atoms. The van der Waals surface area contributed by atoms with Crippen LogP contribution in [0.2, 0.25) is 0 Å². The molecule has 0 aliphatic rings. The summed E-state index contributed by atoms with van der Waals surface area (Å²) in [7, 11) is -3.60. The predicted molar refractivity (Wildman–Crippen MR) is 77.6 cm³/mol. The standard InChI is InChI=1S/C14H16N2O2S/c1-10-3-6-12(7-4-10)19(17,18)16-14-8-5-11(2)9-13(14)15/h3-9,16H,15H2,1-2H3. The number of hydrogen-bond donors (Lipinski definition) is 2. The van der Waals surface area contributed by atoms with Crippen molar-refractivity contribution in [3.63, 3.8) is 0 Å². The Morgan fingerprint density at radius 2 is 1.53 bits per heavy atom. The molecule has 19 heavy (non-hydrogen) atoms. The topological polar surface area (TPSA) is 72.2 Å². The van der Waals surface area contributed by atoms with Gasteiger partial charge >= 0.3 is 0 Å². The first-order valence-electron chi connectivity index (χ1n) is 5.84. The predicted octanol–water partition coefficient (Wildman–Crippen LogP) is 2.69. The third kappa shape index (κ3) is 3.06. The molecule has 2 rings (SSSR count). The van der Waals surface area contributed by atoms with Gasteiger partial charge in [-0.25, -0.2) is 8.42 Å². The van der Waals surface area contributed by atoms with E-state index >= 15 is 0 Å². The van der Waals surface area contributed by atoms with Gasteiger partial charge in [-0.15, -0.1) is 0 Å². The Labute approximate surface area is 113 Å². The van der Waals surface area contributed by atoms with Crippen molar-refractivity contribution in [2.24, 2.45) is 0 Å². The van der Waals surface area contributed by atoms with E-state index < -0.39 is 10.0 Å². The van der Waals surface area contributed by atoms with E-state index in [-0.39, 0.29) is 4.90 Å². The van der Waals surface area contributed by atoms with Crippen LogP contribution in [0.1, 0.15) is 11.1 Å². The van der Waals surface area contributed by atoms with Crippen molar-refractivity contribution in [2.45, 2.75) is 18.7 Å². The second-order valence-corrected chi connectivity index (χ2v) is 6.19. The van der Waals surface area contributed by atoms with Crippen LogP contribution in [0.25, 0.3) is 0 Å². The molecule has 0 aliphatic carbocycles. The second-order valence-electron chi connectivity index (χ2n) is 4.51. The van der Waals surface area contributed by atoms with Crippen LogP contribution in [0.5, 0.6) is 0 Å². The summed E-state index contributed by atoms with van der Waals surface area (Å²) in [5.41, 5.74) is 8.60. The van der Waals surface area contributed by atoms with Crippen LogP contribution < -0.4 is 10.5 Å². The maximum absolute atomic E-state index is 12.2. The number of benzene rings is 2. The first kappa shape index (κ1) is 13.4. The average molecular weight is 276 g/mol. The van der Waals surface area contributed by atoms with E-state index in [1.165, 1.54) is 0 Å². The zero-order chi connectivity index (χ0) is 14.0. The van der Waals surface area contributed by atoms with Crippen molar-refractivity contribution in [1.29, 1.82) is 0 Å². The van der Waals surface area contributed by atoms with E-state index in [0.717, 1.165) is 11.1 Å². The maximum atomic E-state index is 12.2. The highest BCUT2D eigenvalue weighted by Crippen LogP contribution is 2.23. The molecule has 0 radical (unpaired) electrons. The average Bonchev–Trinajstić information content (AvgIpc) is 2.33. The van der Waals surface area contributed by atoms with Crippen LogP contribution in [0, 0.1) is 13.8 Å². The number of nitrogen functional groups attached to an aromatic ring is 1. The first-order valence-corrected chi connectivity index (χ1v) is 7.32. The lowest BCUT2D eigenvalue weighted by Crippen LogP contribution is -2.14. The molecule has 0 saturated heterocycles. The Morgan fingerprint density at radius 1 is 0.947 bits per heavy atom. The number of nitrogens with one attached hydrogen (secondary N) is 1. The minimum Gasteiger partial charge on any atom is -0.397 e. The van der Waals surface area contributed by atoms with Crippen LogP contribution in [-0.2, 0) is 10.0 Å². The Balaban J connectivity index is 2.33. The first-order chi connectivity index (χ1) is 8.88. The number of aryl methyl sites for hydroxylation is 2. The normalized spacial score (nSPS) is 11.3. The Bertz CT molecular complexity index is 692. The molecular formula is C14H16N2O2S. The van der Waals surface area contributed by atoms with Crippen LogP contribution in [0.4, 0.5) is 11.4 Å². The largest absolute Gasteiger partial charge is 0.397 e. The van der Waals surface area contributed by atoms with Gasteiger partial charge in [0.1, 0.15) is 0 Å². The molecular weight excluding hydrogens is 260 g/mol. The fraction of sp³-hybridized carbons (Fsp3) is 0.143. The number of sulfonamides is 1. The summed E-state index contributed by atoms with van der Waals surface area (Å²) in [6.07, 6.45) is 0. The number of hydrogen-bond acceptors (Lipinski definition) is 3. The number of nitrogens with two attached hydrogens (primary N) is 1. The van der Waals surface area contributed by atoms with Gasteiger partial charge in [0.15, 0.2) is 0 Å². The lowest BCUT2D eigenvalue weighted by atomic mass is 10.2. The van der Waals surface area contributed by atoms with Gasteiger partial charge in [0, 0.05) is 0 Å². The third-order valence-corrected chi connectivity index (χ3v) is 4.16. The lowest BCUT2D eigenvalue weighted by molar-refractivity contribution is 0.601. The molecule has 0 saturated carbocycles. The molecule has 0 aliphatic heterocycles. The van der Waals surface area contributed by atoms with Gasteiger partial charge in [-0.1, -0.05) is 23.8 Å². The fourth-order valence-electron chi connectivity index (χ4n) is 1.70. The Morgan fingerprint density at radius 3 is 2.11 bits per heavy atom. The van der Waals surface area contributed by atoms with Crippen LogP contribution >= 0.6 is 0 Å². The van der Waals surface area contributed by atoms with Gasteiger partial charge in [-0.05, 0) is 43.7 Å². The zero-order valence-corrected chi connectivity index (χ0v) is 11.7. The molecule has 0 spiro atoms. The van der Waals surface area contributed by atoms with Gasteiger partial charge in [-0.3, -0.25) is 4.72 Å². The highest BCUT2D eigenvalue weighted by molar-refractivity contribution is 7.92. The molecule has 0 fully saturated rings. The summed E-state index contributed by atoms with van der Waals surface area (Å²) < 4.78 is 26.9. The van der Waals surface area contributed by atoms with Gasteiger partial charge in [-0.2, -0.15) is 0 Å². The molecule has 5 heteroatoms. The molecule has 3 N–H and O–H groups in total. The van der Waals surface area contributed by atoms with Crippen molar-refractivity contribution < 1.29 is 8.42 Å². The van der Waals surface area contributed by atoms with Crippen molar-refractivity contribution in [3.05, 3.63) is 53.6 Å². The van der Waals surface area contributed by atoms with E-state index in [0.29, 0.717) is 11.4 Å². The second kappa shape index (κ2) is 4.93. The van der Waals surface area contributed by atoms with Crippen molar-refractivity contribution in [1.82, 2.24) is 0 Å². The van der Waals surface area contributed by atoms with Crippen LogP contribution in [-0.4, -0.2) is 8.42 Å². The van der Waals surface area contributed by atoms with Gasteiger partial charge in [0.05, 0.1) is 16.3 Å². The van der Waals surface area contributed by atoms with E-state index in [4.69, 9.17) is 5.73 Å². The molecule has 2 aromatic rings. The Hall–Kier alpha value is -2.01. The van der Waals surface area contributed by atoms with Gasteiger partial charge < -0.3 is 5.73 Å². The van der Waals surface area contributed by atoms with Crippen LogP contribution in [0.15, 0.2) is 47.4 Å². The SMILES string of the molecule is Cc1ccc(S(=O)(=O)Nc2ccc(C)cc2N)cc1. The molecule has 2 aromatic carbocycles. The molecule has 0 amide bonds. The van der Waals surface area contributed by atoms with Crippen molar-refractivity contribution in [3.8, 4) is 0 Å². The van der Waals surface area contributed by atoms with Crippen molar-refractivity contribution >= 4 is 21.4 Å². The number of rotatable bonds is 3. The number of anilines is 2. The monoisotopic (exact) mass is 276 g/mol. The van der Waals surface area contributed by atoms with Crippen LogP contribution in [0.3, 0.4) is 0 Å². The highest BCUT2D eigenvalue weighted by atomic mass is 32.2. The quantitative estimate of drug-likeness (QED) is 0.847.